The Kier molecular flexibility index (Phi) is 8.59. The number of para-hydroxylation sites is 2. The van der Waals surface area contributed by atoms with Crippen LogP contribution in [0.3, 0.4) is 0 Å². The third kappa shape index (κ3) is 6.21. The van der Waals surface area contributed by atoms with E-state index in [4.69, 9.17) is 27.9 Å². The summed E-state index contributed by atoms with van der Waals surface area (Å²) in [4.78, 5) is 21.9. The number of rotatable bonds is 10. The van der Waals surface area contributed by atoms with Gasteiger partial charge >= 0.3 is 5.97 Å². The van der Waals surface area contributed by atoms with Crippen molar-refractivity contribution in [3.8, 4) is 17.3 Å². The number of halogens is 2. The molecule has 1 aliphatic rings. The smallest absolute Gasteiger partial charge is 0.312 e. The zero-order chi connectivity index (χ0) is 29.8. The van der Waals surface area contributed by atoms with Crippen molar-refractivity contribution in [2.45, 2.75) is 51.3 Å². The van der Waals surface area contributed by atoms with Crippen LogP contribution < -0.4 is 5.32 Å². The number of nitrogens with zero attached hydrogens (tertiary/aromatic N) is 6. The van der Waals surface area contributed by atoms with Gasteiger partial charge in [0.25, 0.3) is 0 Å². The molecule has 3 aromatic heterocycles. The number of carbonyl (C=O) groups excluding carboxylic acids is 1. The Morgan fingerprint density at radius 1 is 1.09 bits per heavy atom. The minimum Gasteiger partial charge on any atom is -0.444 e. The van der Waals surface area contributed by atoms with Gasteiger partial charge in [-0.25, -0.2) is 9.97 Å². The summed E-state index contributed by atoms with van der Waals surface area (Å²) in [6.07, 6.45) is 12.2. The Morgan fingerprint density at radius 2 is 1.88 bits per heavy atom. The maximum atomic E-state index is 12.9. The molecule has 1 N–H and O–H groups in total. The SMILES string of the molecule is N#CC[C@H](C1CCCC1)n1cc(-c2ncnc3c2ccn3COC(=O)Cc2ccccc2Nc2c(Cl)cccc2Cl)cn1. The van der Waals surface area contributed by atoms with Crippen LogP contribution >= 0.6 is 23.2 Å². The van der Waals surface area contributed by atoms with Crippen LogP contribution in [0.1, 0.15) is 43.7 Å². The van der Waals surface area contributed by atoms with Gasteiger partial charge in [-0.05, 0) is 48.6 Å². The Hall–Kier alpha value is -4.39. The van der Waals surface area contributed by atoms with Crippen molar-refractivity contribution in [2.75, 3.05) is 5.32 Å². The monoisotopic (exact) mass is 613 g/mol. The maximum absolute atomic E-state index is 12.9. The van der Waals surface area contributed by atoms with E-state index >= 15 is 0 Å². The molecule has 0 amide bonds. The molecule has 1 atom stereocenters. The molecular formula is C32H29Cl2N7O2. The molecule has 218 valence electrons. The Balaban J connectivity index is 1.15. The zero-order valence-corrected chi connectivity index (χ0v) is 24.8. The first kappa shape index (κ1) is 28.7. The Morgan fingerprint density at radius 3 is 2.67 bits per heavy atom. The third-order valence-electron chi connectivity index (χ3n) is 7.95. The van der Waals surface area contributed by atoms with E-state index in [2.05, 4.69) is 26.5 Å². The zero-order valence-electron chi connectivity index (χ0n) is 23.3. The molecule has 5 aromatic rings. The van der Waals surface area contributed by atoms with Crippen molar-refractivity contribution >= 4 is 51.6 Å². The predicted molar refractivity (Wildman–Crippen MR) is 166 cm³/mol. The molecule has 3 heterocycles. The second kappa shape index (κ2) is 12.9. The van der Waals surface area contributed by atoms with E-state index < -0.39 is 5.97 Å². The summed E-state index contributed by atoms with van der Waals surface area (Å²) < 4.78 is 9.35. The van der Waals surface area contributed by atoms with Crippen LogP contribution in [0.25, 0.3) is 22.3 Å². The quantitative estimate of drug-likeness (QED) is 0.160. The summed E-state index contributed by atoms with van der Waals surface area (Å²) in [6, 6.07) is 17.0. The van der Waals surface area contributed by atoms with E-state index in [1.165, 1.54) is 19.2 Å². The van der Waals surface area contributed by atoms with Gasteiger partial charge in [0, 0.05) is 29.0 Å². The molecule has 0 aliphatic heterocycles. The van der Waals surface area contributed by atoms with E-state index in [1.54, 1.807) is 29.0 Å². The van der Waals surface area contributed by atoms with Gasteiger partial charge in [0.05, 0.1) is 52.6 Å². The highest BCUT2D eigenvalue weighted by Crippen LogP contribution is 2.37. The van der Waals surface area contributed by atoms with Gasteiger partial charge in [0.15, 0.2) is 6.73 Å². The molecule has 2 aromatic carbocycles. The van der Waals surface area contributed by atoms with Gasteiger partial charge in [0.2, 0.25) is 0 Å². The van der Waals surface area contributed by atoms with Crippen LogP contribution in [0.2, 0.25) is 10.0 Å². The van der Waals surface area contributed by atoms with Crippen molar-refractivity contribution in [3.63, 3.8) is 0 Å². The Bertz CT molecular complexity index is 1780. The third-order valence-corrected chi connectivity index (χ3v) is 8.58. The molecular weight excluding hydrogens is 585 g/mol. The molecule has 0 saturated heterocycles. The lowest BCUT2D eigenvalue weighted by Crippen LogP contribution is -2.17. The van der Waals surface area contributed by atoms with E-state index in [1.807, 2.05) is 47.4 Å². The highest BCUT2D eigenvalue weighted by Gasteiger charge is 2.27. The average Bonchev–Trinajstić information content (AvgIpc) is 3.79. The fourth-order valence-corrected chi connectivity index (χ4v) is 6.28. The molecule has 9 nitrogen and oxygen atoms in total. The van der Waals surface area contributed by atoms with Gasteiger partial charge in [-0.3, -0.25) is 14.0 Å². The molecule has 11 heteroatoms. The summed E-state index contributed by atoms with van der Waals surface area (Å²) >= 11 is 12.7. The van der Waals surface area contributed by atoms with E-state index in [0.29, 0.717) is 39.4 Å². The number of nitrogens with one attached hydrogen (secondary N) is 1. The van der Waals surface area contributed by atoms with Crippen LogP contribution in [0.15, 0.2) is 73.4 Å². The van der Waals surface area contributed by atoms with Crippen molar-refractivity contribution in [2.24, 2.45) is 5.92 Å². The van der Waals surface area contributed by atoms with Crippen LogP contribution in [0.5, 0.6) is 0 Å². The summed E-state index contributed by atoms with van der Waals surface area (Å²) in [6.45, 7) is -0.00406. The maximum Gasteiger partial charge on any atom is 0.312 e. The van der Waals surface area contributed by atoms with E-state index in [-0.39, 0.29) is 19.2 Å². The van der Waals surface area contributed by atoms with Crippen molar-refractivity contribution < 1.29 is 9.53 Å². The molecule has 6 rings (SSSR count). The van der Waals surface area contributed by atoms with E-state index in [9.17, 15) is 10.1 Å². The number of nitriles is 1. The lowest BCUT2D eigenvalue weighted by molar-refractivity contribution is -0.146. The highest BCUT2D eigenvalue weighted by molar-refractivity contribution is 6.39. The summed E-state index contributed by atoms with van der Waals surface area (Å²) in [5.74, 6) is 0.0673. The fourth-order valence-electron chi connectivity index (χ4n) is 5.79. The predicted octanol–water partition coefficient (Wildman–Crippen LogP) is 7.73. The number of fused-ring (bicyclic) bond motifs is 1. The molecule has 43 heavy (non-hydrogen) atoms. The van der Waals surface area contributed by atoms with Crippen molar-refractivity contribution in [3.05, 3.63) is 89.1 Å². The first-order valence-electron chi connectivity index (χ1n) is 14.2. The van der Waals surface area contributed by atoms with Crippen LogP contribution in [0.4, 0.5) is 11.4 Å². The number of benzene rings is 2. The summed E-state index contributed by atoms with van der Waals surface area (Å²) in [5.41, 5.74) is 4.27. The minimum absolute atomic E-state index is 0.00406. The fraction of sp³-hybridized carbons (Fsp3) is 0.281. The van der Waals surface area contributed by atoms with Gasteiger partial charge in [-0.15, -0.1) is 0 Å². The van der Waals surface area contributed by atoms with Crippen LogP contribution in [0, 0.1) is 17.2 Å². The number of ether oxygens (including phenoxy) is 1. The topological polar surface area (TPSA) is 111 Å². The first-order valence-corrected chi connectivity index (χ1v) is 14.9. The largest absolute Gasteiger partial charge is 0.444 e. The van der Waals surface area contributed by atoms with Gasteiger partial charge in [0.1, 0.15) is 12.0 Å². The molecule has 1 aliphatic carbocycles. The molecule has 1 fully saturated rings. The summed E-state index contributed by atoms with van der Waals surface area (Å²) in [5, 5.41) is 19.1. The number of anilines is 2. The number of esters is 1. The average molecular weight is 615 g/mol. The molecule has 0 bridgehead atoms. The number of hydrogen-bond donors (Lipinski definition) is 1. The standard InChI is InChI=1S/C32H29Cl2N7O2/c33-25-9-5-10-26(34)31(25)39-27-11-4-3-8-22(27)16-29(42)43-20-40-15-13-24-30(36-19-37-32(24)40)23-17-38-41(18-23)28(12-14-35)21-6-1-2-7-21/h3-5,8-11,13,15,17-19,21,28,39H,1-2,6-7,12,16,20H2/t28-/m1/s1. The molecule has 0 spiro atoms. The second-order valence-corrected chi connectivity index (χ2v) is 11.4. The van der Waals surface area contributed by atoms with Gasteiger partial charge in [-0.1, -0.05) is 60.3 Å². The highest BCUT2D eigenvalue weighted by atomic mass is 35.5. The lowest BCUT2D eigenvalue weighted by atomic mass is 9.96. The number of aromatic nitrogens is 5. The van der Waals surface area contributed by atoms with Gasteiger partial charge in [-0.2, -0.15) is 10.4 Å². The first-order chi connectivity index (χ1) is 21.0. The number of hydrogen-bond acceptors (Lipinski definition) is 7. The lowest BCUT2D eigenvalue weighted by Gasteiger charge is -2.21. The normalized spacial score (nSPS) is 14.1. The number of carbonyl (C=O) groups is 1. The van der Waals surface area contributed by atoms with Crippen molar-refractivity contribution in [1.82, 2.24) is 24.3 Å². The minimum atomic E-state index is -0.396. The molecule has 1 saturated carbocycles. The van der Waals surface area contributed by atoms with E-state index in [0.717, 1.165) is 35.0 Å². The van der Waals surface area contributed by atoms with Crippen molar-refractivity contribution in [1.29, 1.82) is 5.26 Å². The van der Waals surface area contributed by atoms with Crippen LogP contribution in [-0.4, -0.2) is 30.3 Å². The second-order valence-electron chi connectivity index (χ2n) is 10.6. The van der Waals surface area contributed by atoms with Gasteiger partial charge < -0.3 is 10.1 Å². The molecule has 0 radical (unpaired) electrons. The van der Waals surface area contributed by atoms with Crippen LogP contribution in [-0.2, 0) is 22.7 Å². The summed E-state index contributed by atoms with van der Waals surface area (Å²) in [7, 11) is 0. The molecule has 0 unspecified atom stereocenters. The Labute approximate surface area is 259 Å².